The van der Waals surface area contributed by atoms with Crippen molar-refractivity contribution in [3.05, 3.63) is 23.8 Å². The molecule has 0 aromatic heterocycles. The van der Waals surface area contributed by atoms with Crippen LogP contribution < -0.4 is 0 Å². The fourth-order valence-corrected chi connectivity index (χ4v) is 1.28. The van der Waals surface area contributed by atoms with E-state index in [9.17, 15) is 22.8 Å². The summed E-state index contributed by atoms with van der Waals surface area (Å²) in [5.74, 6) is -2.49. The molecule has 0 spiro atoms. The van der Waals surface area contributed by atoms with Gasteiger partial charge in [-0.05, 0) is 12.3 Å². The molecule has 16 heavy (non-hydrogen) atoms. The number of carbonyl (C=O) groups excluding carboxylic acids is 2. The van der Waals surface area contributed by atoms with Crippen LogP contribution in [0.5, 0.6) is 0 Å². The summed E-state index contributed by atoms with van der Waals surface area (Å²) < 4.78 is 35.7. The van der Waals surface area contributed by atoms with Gasteiger partial charge < -0.3 is 0 Å². The zero-order chi connectivity index (χ0) is 12.3. The van der Waals surface area contributed by atoms with Crippen LogP contribution in [0, 0.1) is 5.92 Å². The Morgan fingerprint density at radius 1 is 1.44 bits per heavy atom. The van der Waals surface area contributed by atoms with Crippen molar-refractivity contribution >= 4 is 11.6 Å². The second-order valence-corrected chi connectivity index (χ2v) is 3.75. The molecule has 1 aliphatic rings. The lowest BCUT2D eigenvalue weighted by Gasteiger charge is -2.11. The van der Waals surface area contributed by atoms with Crippen molar-refractivity contribution in [1.82, 2.24) is 0 Å². The van der Waals surface area contributed by atoms with E-state index in [0.717, 1.165) is 0 Å². The Bertz CT molecular complexity index is 364. The minimum Gasteiger partial charge on any atom is -0.294 e. The summed E-state index contributed by atoms with van der Waals surface area (Å²) in [6, 6.07) is 0. The smallest absolute Gasteiger partial charge is 0.294 e. The van der Waals surface area contributed by atoms with Gasteiger partial charge in [-0.1, -0.05) is 25.2 Å². The second-order valence-electron chi connectivity index (χ2n) is 3.75. The van der Waals surface area contributed by atoms with E-state index >= 15 is 0 Å². The Morgan fingerprint density at radius 3 is 2.50 bits per heavy atom. The molecule has 1 rings (SSSR count). The standard InChI is InChI=1S/C11H11F3O2/c1-7-2-4-8(5-3-7)9(15)6-10(16)11(12,13)14/h2,4-5,7H,3,6H2,1H3. The summed E-state index contributed by atoms with van der Waals surface area (Å²) in [4.78, 5) is 21.9. The largest absolute Gasteiger partial charge is 0.450 e. The normalized spacial score (nSPS) is 20.5. The van der Waals surface area contributed by atoms with E-state index in [2.05, 4.69) is 0 Å². The topological polar surface area (TPSA) is 34.1 Å². The van der Waals surface area contributed by atoms with E-state index in [4.69, 9.17) is 0 Å². The molecule has 5 heteroatoms. The number of ketones is 2. The van der Waals surface area contributed by atoms with Gasteiger partial charge in [0.1, 0.15) is 0 Å². The molecule has 2 nitrogen and oxygen atoms in total. The number of halogens is 3. The molecule has 1 atom stereocenters. The second kappa shape index (κ2) is 4.63. The lowest BCUT2D eigenvalue weighted by atomic mass is 9.94. The maximum absolute atomic E-state index is 11.9. The zero-order valence-electron chi connectivity index (χ0n) is 8.67. The van der Waals surface area contributed by atoms with E-state index in [0.29, 0.717) is 6.42 Å². The van der Waals surface area contributed by atoms with Crippen molar-refractivity contribution in [1.29, 1.82) is 0 Å². The van der Waals surface area contributed by atoms with Gasteiger partial charge in [0.2, 0.25) is 5.78 Å². The van der Waals surface area contributed by atoms with Gasteiger partial charge in [0.05, 0.1) is 6.42 Å². The first kappa shape index (κ1) is 12.7. The van der Waals surface area contributed by atoms with Crippen LogP contribution in [-0.4, -0.2) is 17.7 Å². The summed E-state index contributed by atoms with van der Waals surface area (Å²) in [6.45, 7) is 1.93. The lowest BCUT2D eigenvalue weighted by molar-refractivity contribution is -0.171. The van der Waals surface area contributed by atoms with Gasteiger partial charge in [0.15, 0.2) is 5.78 Å². The van der Waals surface area contributed by atoms with Crippen LogP contribution in [0.1, 0.15) is 19.8 Å². The van der Waals surface area contributed by atoms with Crippen LogP contribution in [0.3, 0.4) is 0 Å². The highest BCUT2D eigenvalue weighted by molar-refractivity contribution is 6.10. The first-order chi connectivity index (χ1) is 7.30. The molecule has 0 bridgehead atoms. The molecule has 88 valence electrons. The fraction of sp³-hybridized carbons (Fsp3) is 0.455. The van der Waals surface area contributed by atoms with Crippen molar-refractivity contribution in [3.63, 3.8) is 0 Å². The number of hydrogen-bond acceptors (Lipinski definition) is 2. The van der Waals surface area contributed by atoms with Crippen LogP contribution in [0.15, 0.2) is 23.8 Å². The fourth-order valence-electron chi connectivity index (χ4n) is 1.28. The summed E-state index contributed by atoms with van der Waals surface area (Å²) >= 11 is 0. The Morgan fingerprint density at radius 2 is 2.06 bits per heavy atom. The molecule has 0 fully saturated rings. The first-order valence-electron chi connectivity index (χ1n) is 4.82. The molecule has 0 aromatic rings. The predicted octanol–water partition coefficient (Wildman–Crippen LogP) is 2.60. The van der Waals surface area contributed by atoms with Gasteiger partial charge in [-0.15, -0.1) is 0 Å². The van der Waals surface area contributed by atoms with E-state index in [-0.39, 0.29) is 11.5 Å². The minimum absolute atomic E-state index is 0.190. The van der Waals surface area contributed by atoms with Gasteiger partial charge in [-0.3, -0.25) is 9.59 Å². The Hall–Kier alpha value is -1.39. The summed E-state index contributed by atoms with van der Waals surface area (Å²) in [6.07, 6.45) is -0.643. The Kier molecular flexibility index (Phi) is 3.67. The first-order valence-corrected chi connectivity index (χ1v) is 4.82. The molecule has 0 aromatic carbocycles. The van der Waals surface area contributed by atoms with Gasteiger partial charge in [-0.2, -0.15) is 13.2 Å². The molecule has 1 unspecified atom stereocenters. The van der Waals surface area contributed by atoms with Gasteiger partial charge in [0.25, 0.3) is 0 Å². The quantitative estimate of drug-likeness (QED) is 0.701. The van der Waals surface area contributed by atoms with Gasteiger partial charge in [-0.25, -0.2) is 0 Å². The highest BCUT2D eigenvalue weighted by Gasteiger charge is 2.39. The summed E-state index contributed by atoms with van der Waals surface area (Å²) in [5, 5.41) is 0. The number of alkyl halides is 3. The Labute approximate surface area is 90.8 Å². The molecular weight excluding hydrogens is 221 g/mol. The third kappa shape index (κ3) is 3.32. The number of allylic oxidation sites excluding steroid dienone is 4. The molecule has 0 heterocycles. The number of hydrogen-bond donors (Lipinski definition) is 0. The van der Waals surface area contributed by atoms with E-state index < -0.39 is 24.2 Å². The highest BCUT2D eigenvalue weighted by atomic mass is 19.4. The molecule has 0 amide bonds. The maximum Gasteiger partial charge on any atom is 0.450 e. The Balaban J connectivity index is 2.61. The molecule has 0 saturated carbocycles. The monoisotopic (exact) mass is 232 g/mol. The zero-order valence-corrected chi connectivity index (χ0v) is 8.67. The van der Waals surface area contributed by atoms with Crippen molar-refractivity contribution in [2.75, 3.05) is 0 Å². The van der Waals surface area contributed by atoms with E-state index in [1.165, 1.54) is 6.08 Å². The third-order valence-electron chi connectivity index (χ3n) is 2.27. The van der Waals surface area contributed by atoms with Crippen LogP contribution in [0.4, 0.5) is 13.2 Å². The maximum atomic E-state index is 11.9. The molecule has 0 N–H and O–H groups in total. The van der Waals surface area contributed by atoms with Gasteiger partial charge >= 0.3 is 6.18 Å². The van der Waals surface area contributed by atoms with Crippen LogP contribution >= 0.6 is 0 Å². The molecule has 0 saturated heterocycles. The average molecular weight is 232 g/mol. The lowest BCUT2D eigenvalue weighted by Crippen LogP contribution is -2.25. The minimum atomic E-state index is -4.93. The van der Waals surface area contributed by atoms with E-state index in [1.807, 2.05) is 6.92 Å². The summed E-state index contributed by atoms with van der Waals surface area (Å²) in [7, 11) is 0. The molecule has 0 radical (unpaired) electrons. The molecule has 0 aliphatic heterocycles. The number of Topliss-reactive ketones (excluding diaryl/α,β-unsaturated/α-hetero) is 2. The highest BCUT2D eigenvalue weighted by Crippen LogP contribution is 2.21. The third-order valence-corrected chi connectivity index (χ3v) is 2.27. The SMILES string of the molecule is CC1C=CC(C(=O)CC(=O)C(F)(F)F)=CC1. The predicted molar refractivity (Wildman–Crippen MR) is 51.7 cm³/mol. The van der Waals surface area contributed by atoms with Crippen LogP contribution in [0.2, 0.25) is 0 Å². The molecule has 1 aliphatic carbocycles. The van der Waals surface area contributed by atoms with Crippen molar-refractivity contribution < 1.29 is 22.8 Å². The molecular formula is C11H11F3O2. The number of carbonyl (C=O) groups is 2. The van der Waals surface area contributed by atoms with Gasteiger partial charge in [0, 0.05) is 5.57 Å². The van der Waals surface area contributed by atoms with Crippen LogP contribution in [0.25, 0.3) is 0 Å². The summed E-state index contributed by atoms with van der Waals surface area (Å²) in [5.41, 5.74) is 0.190. The van der Waals surface area contributed by atoms with Crippen molar-refractivity contribution in [2.24, 2.45) is 5.92 Å². The van der Waals surface area contributed by atoms with Crippen LogP contribution in [-0.2, 0) is 9.59 Å². The van der Waals surface area contributed by atoms with Crippen molar-refractivity contribution in [3.8, 4) is 0 Å². The van der Waals surface area contributed by atoms with E-state index in [1.54, 1.807) is 12.2 Å². The van der Waals surface area contributed by atoms with Crippen molar-refractivity contribution in [2.45, 2.75) is 25.9 Å². The average Bonchev–Trinajstić information content (AvgIpc) is 2.17. The number of rotatable bonds is 3.